The summed E-state index contributed by atoms with van der Waals surface area (Å²) in [6, 6.07) is 4.86. The molecule has 94 valence electrons. The van der Waals surface area contributed by atoms with Crippen molar-refractivity contribution in [2.45, 2.75) is 13.5 Å². The summed E-state index contributed by atoms with van der Waals surface area (Å²) in [6.45, 7) is 3.05. The van der Waals surface area contributed by atoms with Crippen LogP contribution in [0.4, 0.5) is 5.69 Å². The average molecular weight is 303 g/mol. The van der Waals surface area contributed by atoms with Gasteiger partial charge in [0.1, 0.15) is 0 Å². The molecule has 0 saturated carbocycles. The van der Waals surface area contributed by atoms with Gasteiger partial charge in [0.05, 0.1) is 4.92 Å². The molecular formula is C11H15BrN2O3. The SMILES string of the molecule is CC(CO)CNCc1cc(Br)ccc1[N+](=O)[O-]. The quantitative estimate of drug-likeness (QED) is 0.623. The van der Waals surface area contributed by atoms with Gasteiger partial charge >= 0.3 is 0 Å². The number of aliphatic hydroxyl groups is 1. The molecule has 1 aromatic carbocycles. The molecule has 0 saturated heterocycles. The van der Waals surface area contributed by atoms with Crippen LogP contribution in [-0.2, 0) is 6.54 Å². The first kappa shape index (κ1) is 14.1. The van der Waals surface area contributed by atoms with Gasteiger partial charge in [-0.25, -0.2) is 0 Å². The molecule has 0 fully saturated rings. The maximum Gasteiger partial charge on any atom is 0.273 e. The van der Waals surface area contributed by atoms with Crippen LogP contribution in [0.15, 0.2) is 22.7 Å². The number of nitrogens with one attached hydrogen (secondary N) is 1. The first-order valence-corrected chi connectivity index (χ1v) is 6.08. The Hall–Kier alpha value is -0.980. The molecule has 2 N–H and O–H groups in total. The predicted molar refractivity (Wildman–Crippen MR) is 68.8 cm³/mol. The predicted octanol–water partition coefficient (Wildman–Crippen LogP) is 2.08. The number of hydrogen-bond donors (Lipinski definition) is 2. The summed E-state index contributed by atoms with van der Waals surface area (Å²) >= 11 is 3.29. The van der Waals surface area contributed by atoms with Crippen molar-refractivity contribution in [1.82, 2.24) is 5.32 Å². The van der Waals surface area contributed by atoms with Crippen molar-refractivity contribution in [2.75, 3.05) is 13.2 Å². The number of nitro groups is 1. The summed E-state index contributed by atoms with van der Waals surface area (Å²) in [7, 11) is 0. The van der Waals surface area contributed by atoms with Crippen molar-refractivity contribution >= 4 is 21.6 Å². The van der Waals surface area contributed by atoms with Gasteiger partial charge in [0.15, 0.2) is 0 Å². The van der Waals surface area contributed by atoms with Crippen molar-refractivity contribution in [2.24, 2.45) is 5.92 Å². The maximum absolute atomic E-state index is 10.8. The van der Waals surface area contributed by atoms with Crippen LogP contribution in [0.25, 0.3) is 0 Å². The molecule has 0 radical (unpaired) electrons. The third kappa shape index (κ3) is 4.41. The van der Waals surface area contributed by atoms with Gasteiger partial charge < -0.3 is 10.4 Å². The Morgan fingerprint density at radius 1 is 1.59 bits per heavy atom. The number of aliphatic hydroxyl groups excluding tert-OH is 1. The molecule has 0 heterocycles. The van der Waals surface area contributed by atoms with Crippen molar-refractivity contribution < 1.29 is 10.0 Å². The van der Waals surface area contributed by atoms with Gasteiger partial charge in [0.25, 0.3) is 5.69 Å². The second kappa shape index (κ2) is 6.68. The van der Waals surface area contributed by atoms with E-state index < -0.39 is 0 Å². The van der Waals surface area contributed by atoms with E-state index in [-0.39, 0.29) is 23.1 Å². The summed E-state index contributed by atoms with van der Waals surface area (Å²) in [5.74, 6) is 0.140. The second-order valence-electron chi connectivity index (χ2n) is 3.95. The lowest BCUT2D eigenvalue weighted by atomic mass is 10.1. The zero-order valence-corrected chi connectivity index (χ0v) is 11.1. The van der Waals surface area contributed by atoms with E-state index in [1.807, 2.05) is 6.92 Å². The molecule has 0 aromatic heterocycles. The third-order valence-electron chi connectivity index (χ3n) is 2.36. The topological polar surface area (TPSA) is 75.4 Å². The third-order valence-corrected chi connectivity index (χ3v) is 2.85. The van der Waals surface area contributed by atoms with Crippen LogP contribution < -0.4 is 5.32 Å². The number of nitrogens with zero attached hydrogens (tertiary/aromatic N) is 1. The molecule has 0 spiro atoms. The van der Waals surface area contributed by atoms with E-state index in [0.29, 0.717) is 18.7 Å². The number of hydrogen-bond acceptors (Lipinski definition) is 4. The van der Waals surface area contributed by atoms with E-state index in [4.69, 9.17) is 5.11 Å². The summed E-state index contributed by atoms with van der Waals surface area (Å²) in [4.78, 5) is 10.4. The van der Waals surface area contributed by atoms with Crippen molar-refractivity contribution in [3.05, 3.63) is 38.3 Å². The summed E-state index contributed by atoms with van der Waals surface area (Å²) in [6.07, 6.45) is 0. The molecule has 6 heteroatoms. The van der Waals surface area contributed by atoms with Crippen molar-refractivity contribution in [1.29, 1.82) is 0 Å². The largest absolute Gasteiger partial charge is 0.396 e. The number of halogens is 1. The Kier molecular flexibility index (Phi) is 5.54. The number of benzene rings is 1. The van der Waals surface area contributed by atoms with Gasteiger partial charge in [-0.3, -0.25) is 10.1 Å². The normalized spacial score (nSPS) is 12.4. The number of rotatable bonds is 6. The Morgan fingerprint density at radius 2 is 2.29 bits per heavy atom. The summed E-state index contributed by atoms with van der Waals surface area (Å²) in [5, 5.41) is 22.8. The van der Waals surface area contributed by atoms with Crippen LogP contribution in [0.1, 0.15) is 12.5 Å². The molecule has 0 bridgehead atoms. The monoisotopic (exact) mass is 302 g/mol. The minimum atomic E-state index is -0.390. The van der Waals surface area contributed by atoms with E-state index >= 15 is 0 Å². The molecule has 0 amide bonds. The highest BCUT2D eigenvalue weighted by Crippen LogP contribution is 2.22. The lowest BCUT2D eigenvalue weighted by Gasteiger charge is -2.10. The Bertz CT molecular complexity index is 398. The van der Waals surface area contributed by atoms with Crippen LogP contribution in [-0.4, -0.2) is 23.2 Å². The first-order valence-electron chi connectivity index (χ1n) is 5.29. The maximum atomic E-state index is 10.8. The minimum Gasteiger partial charge on any atom is -0.396 e. The van der Waals surface area contributed by atoms with Crippen LogP contribution >= 0.6 is 15.9 Å². The van der Waals surface area contributed by atoms with Crippen molar-refractivity contribution in [3.63, 3.8) is 0 Å². The van der Waals surface area contributed by atoms with Crippen LogP contribution in [0.2, 0.25) is 0 Å². The van der Waals surface area contributed by atoms with Crippen LogP contribution in [0.3, 0.4) is 0 Å². The van der Waals surface area contributed by atoms with Gasteiger partial charge in [-0.15, -0.1) is 0 Å². The fourth-order valence-electron chi connectivity index (χ4n) is 1.39. The minimum absolute atomic E-state index is 0.105. The summed E-state index contributed by atoms with van der Waals surface area (Å²) < 4.78 is 0.815. The van der Waals surface area contributed by atoms with E-state index in [1.54, 1.807) is 12.1 Å². The molecule has 1 rings (SSSR count). The van der Waals surface area contributed by atoms with Crippen molar-refractivity contribution in [3.8, 4) is 0 Å². The molecule has 0 aliphatic heterocycles. The molecule has 1 aromatic rings. The second-order valence-corrected chi connectivity index (χ2v) is 4.86. The highest BCUT2D eigenvalue weighted by atomic mass is 79.9. The average Bonchev–Trinajstić information content (AvgIpc) is 2.28. The summed E-state index contributed by atoms with van der Waals surface area (Å²) in [5.41, 5.74) is 0.742. The molecule has 0 aliphatic rings. The number of nitro benzene ring substituents is 1. The molecule has 1 unspecified atom stereocenters. The lowest BCUT2D eigenvalue weighted by molar-refractivity contribution is -0.385. The molecule has 1 atom stereocenters. The smallest absolute Gasteiger partial charge is 0.273 e. The van der Waals surface area contributed by atoms with Gasteiger partial charge in [-0.2, -0.15) is 0 Å². The molecule has 5 nitrogen and oxygen atoms in total. The lowest BCUT2D eigenvalue weighted by Crippen LogP contribution is -2.23. The van der Waals surface area contributed by atoms with Gasteiger partial charge in [0.2, 0.25) is 0 Å². The molecule has 0 aliphatic carbocycles. The van der Waals surface area contributed by atoms with E-state index in [9.17, 15) is 10.1 Å². The standard InChI is InChI=1S/C11H15BrN2O3/c1-8(7-15)5-13-6-9-4-10(12)2-3-11(9)14(16)17/h2-4,8,13,15H,5-7H2,1H3. The van der Waals surface area contributed by atoms with Gasteiger partial charge in [-0.05, 0) is 18.1 Å². The first-order chi connectivity index (χ1) is 8.04. The fraction of sp³-hybridized carbons (Fsp3) is 0.455. The highest BCUT2D eigenvalue weighted by Gasteiger charge is 2.13. The fourth-order valence-corrected chi connectivity index (χ4v) is 1.80. The zero-order chi connectivity index (χ0) is 12.8. The molecule has 17 heavy (non-hydrogen) atoms. The van der Waals surface area contributed by atoms with E-state index in [2.05, 4.69) is 21.2 Å². The Labute approximate surface area is 108 Å². The van der Waals surface area contributed by atoms with E-state index in [1.165, 1.54) is 6.07 Å². The van der Waals surface area contributed by atoms with Crippen LogP contribution in [0, 0.1) is 16.0 Å². The van der Waals surface area contributed by atoms with Gasteiger partial charge in [0, 0.05) is 35.8 Å². The highest BCUT2D eigenvalue weighted by molar-refractivity contribution is 9.10. The molecular weight excluding hydrogens is 288 g/mol. The Balaban J connectivity index is 2.68. The Morgan fingerprint density at radius 3 is 2.88 bits per heavy atom. The van der Waals surface area contributed by atoms with Gasteiger partial charge in [-0.1, -0.05) is 22.9 Å². The zero-order valence-electron chi connectivity index (χ0n) is 9.52. The van der Waals surface area contributed by atoms with E-state index in [0.717, 1.165) is 4.47 Å². The van der Waals surface area contributed by atoms with Crippen LogP contribution in [0.5, 0.6) is 0 Å².